The fraction of sp³-hybridized carbons (Fsp3) is 0.882. The Hall–Kier alpha value is -1.34. The first-order valence-electron chi connectivity index (χ1n) is 9.32. The maximum absolute atomic E-state index is 12.3. The van der Waals surface area contributed by atoms with Crippen LogP contribution in [-0.2, 0) is 4.79 Å². The molecule has 3 fully saturated rings. The Morgan fingerprint density at radius 2 is 1.83 bits per heavy atom. The minimum atomic E-state index is 0.152. The molecule has 0 aromatic heterocycles. The predicted molar refractivity (Wildman–Crippen MR) is 98.3 cm³/mol. The summed E-state index contributed by atoms with van der Waals surface area (Å²) in [4.78, 5) is 26.0. The van der Waals surface area contributed by atoms with E-state index in [0.717, 1.165) is 51.8 Å². The lowest BCUT2D eigenvalue weighted by atomic mass is 10.1. The van der Waals surface area contributed by atoms with Gasteiger partial charge in [0.2, 0.25) is 5.91 Å². The molecule has 1 amide bonds. The quantitative estimate of drug-likeness (QED) is 0.513. The molecule has 1 unspecified atom stereocenters. The Kier molecular flexibility index (Phi) is 7.30. The predicted octanol–water partition coefficient (Wildman–Crippen LogP) is -0.248. The van der Waals surface area contributed by atoms with Crippen molar-refractivity contribution in [2.24, 2.45) is 4.99 Å². The Morgan fingerprint density at radius 3 is 2.33 bits per heavy atom. The van der Waals surface area contributed by atoms with Gasteiger partial charge in [-0.25, -0.2) is 0 Å². The summed E-state index contributed by atoms with van der Waals surface area (Å²) in [6, 6.07) is 0.507. The van der Waals surface area contributed by atoms with E-state index >= 15 is 0 Å². The van der Waals surface area contributed by atoms with E-state index in [0.29, 0.717) is 12.6 Å². The molecular weight excluding hydrogens is 304 g/mol. The highest BCUT2D eigenvalue weighted by Gasteiger charge is 2.31. The van der Waals surface area contributed by atoms with Crippen molar-refractivity contribution in [1.29, 1.82) is 0 Å². The third kappa shape index (κ3) is 4.83. The second-order valence-electron chi connectivity index (χ2n) is 6.61. The van der Waals surface area contributed by atoms with Gasteiger partial charge < -0.3 is 15.1 Å². The summed E-state index contributed by atoms with van der Waals surface area (Å²) >= 11 is 0. The number of aliphatic imine (C=N–C) groups is 1. The number of amides is 1. The largest absolute Gasteiger partial charge is 0.357 e. The van der Waals surface area contributed by atoms with Crippen molar-refractivity contribution >= 4 is 11.9 Å². The smallest absolute Gasteiger partial charge is 0.242 e. The molecule has 3 aliphatic heterocycles. The van der Waals surface area contributed by atoms with E-state index in [1.54, 1.807) is 0 Å². The van der Waals surface area contributed by atoms with Gasteiger partial charge in [-0.1, -0.05) is 0 Å². The Morgan fingerprint density at radius 1 is 1.17 bits per heavy atom. The highest BCUT2D eigenvalue weighted by Crippen LogP contribution is 2.15. The molecule has 0 radical (unpaired) electrons. The number of guanidine groups is 1. The van der Waals surface area contributed by atoms with Crippen molar-refractivity contribution in [3.8, 4) is 0 Å². The molecule has 7 nitrogen and oxygen atoms in total. The first-order chi connectivity index (χ1) is 11.6. The van der Waals surface area contributed by atoms with Crippen LogP contribution in [0.2, 0.25) is 0 Å². The maximum Gasteiger partial charge on any atom is 0.242 e. The number of hydrogen-bond acceptors (Lipinski definition) is 4. The summed E-state index contributed by atoms with van der Waals surface area (Å²) < 4.78 is 0. The number of nitrogens with zero attached hydrogens (tertiary/aromatic N) is 5. The molecule has 24 heavy (non-hydrogen) atoms. The topological polar surface area (TPSA) is 54.4 Å². The third-order valence-corrected chi connectivity index (χ3v) is 5.03. The van der Waals surface area contributed by atoms with Crippen LogP contribution >= 0.6 is 0 Å². The summed E-state index contributed by atoms with van der Waals surface area (Å²) in [6.45, 7) is 15.4. The van der Waals surface area contributed by atoms with Gasteiger partial charge in [-0.15, -0.1) is 0 Å². The van der Waals surface area contributed by atoms with Crippen LogP contribution in [0.25, 0.3) is 0 Å². The van der Waals surface area contributed by atoms with E-state index in [2.05, 4.69) is 22.0 Å². The molecule has 0 aromatic rings. The number of nitrogens with one attached hydrogen (secondary N) is 1. The Balaban J connectivity index is 1.93. The molecular formula is C17H34N6O. The lowest BCUT2D eigenvalue weighted by Gasteiger charge is -2.47. The summed E-state index contributed by atoms with van der Waals surface area (Å²) in [5.74, 6) is 0.982. The lowest BCUT2D eigenvalue weighted by Crippen LogP contribution is -2.62. The van der Waals surface area contributed by atoms with Gasteiger partial charge in [0.1, 0.15) is 0 Å². The van der Waals surface area contributed by atoms with E-state index in [9.17, 15) is 4.79 Å². The fourth-order valence-corrected chi connectivity index (χ4v) is 3.51. The molecule has 3 heterocycles. The van der Waals surface area contributed by atoms with Crippen molar-refractivity contribution < 1.29 is 4.79 Å². The standard InChI is InChI=1S/C17H34N6O/c1-5-18-17(20(4)14-16(24)22(6-2)7-3)19-12-15-13-21-8-10-23(15)11-9-21/h15H,5-14H2,1-4H3,(H,18,19). The molecule has 0 saturated carbocycles. The molecule has 0 aromatic carbocycles. The van der Waals surface area contributed by atoms with Crippen molar-refractivity contribution in [3.05, 3.63) is 0 Å². The van der Waals surface area contributed by atoms with Gasteiger partial charge in [0.05, 0.1) is 13.1 Å². The lowest BCUT2D eigenvalue weighted by molar-refractivity contribution is -0.131. The molecule has 3 rings (SSSR count). The highest BCUT2D eigenvalue weighted by atomic mass is 16.2. The minimum absolute atomic E-state index is 0.152. The second kappa shape index (κ2) is 9.22. The minimum Gasteiger partial charge on any atom is -0.357 e. The monoisotopic (exact) mass is 338 g/mol. The van der Waals surface area contributed by atoms with Gasteiger partial charge in [0.15, 0.2) is 5.96 Å². The summed E-state index contributed by atoms with van der Waals surface area (Å²) in [6.07, 6.45) is 0. The molecule has 138 valence electrons. The summed E-state index contributed by atoms with van der Waals surface area (Å²) in [7, 11) is 1.94. The first kappa shape index (κ1) is 19.0. The molecule has 3 saturated heterocycles. The molecule has 1 atom stereocenters. The Bertz CT molecular complexity index is 429. The number of likely N-dealkylation sites (N-methyl/N-ethyl adjacent to an activating group) is 2. The zero-order valence-corrected chi connectivity index (χ0v) is 15.8. The number of carbonyl (C=O) groups is 1. The van der Waals surface area contributed by atoms with Crippen LogP contribution in [0.3, 0.4) is 0 Å². The summed E-state index contributed by atoms with van der Waals surface area (Å²) in [5, 5.41) is 3.32. The zero-order chi connectivity index (χ0) is 17.5. The summed E-state index contributed by atoms with van der Waals surface area (Å²) in [5.41, 5.74) is 0. The average molecular weight is 339 g/mol. The van der Waals surface area contributed by atoms with Crippen LogP contribution in [0.5, 0.6) is 0 Å². The van der Waals surface area contributed by atoms with Crippen LogP contribution in [0, 0.1) is 0 Å². The van der Waals surface area contributed by atoms with Crippen LogP contribution in [0.15, 0.2) is 4.99 Å². The fourth-order valence-electron chi connectivity index (χ4n) is 3.51. The van der Waals surface area contributed by atoms with Gasteiger partial charge in [-0.05, 0) is 20.8 Å². The molecule has 7 heteroatoms. The van der Waals surface area contributed by atoms with E-state index in [1.165, 1.54) is 13.1 Å². The van der Waals surface area contributed by atoms with E-state index in [-0.39, 0.29) is 5.91 Å². The van der Waals surface area contributed by atoms with E-state index < -0.39 is 0 Å². The molecule has 1 N–H and O–H groups in total. The van der Waals surface area contributed by atoms with E-state index in [4.69, 9.17) is 4.99 Å². The number of hydrogen-bond donors (Lipinski definition) is 1. The van der Waals surface area contributed by atoms with Crippen LogP contribution in [0.4, 0.5) is 0 Å². The van der Waals surface area contributed by atoms with Gasteiger partial charge in [0.25, 0.3) is 0 Å². The van der Waals surface area contributed by atoms with Gasteiger partial charge in [-0.3, -0.25) is 19.6 Å². The highest BCUT2D eigenvalue weighted by molar-refractivity contribution is 5.86. The maximum atomic E-state index is 12.3. The molecule has 0 spiro atoms. The third-order valence-electron chi connectivity index (χ3n) is 5.03. The first-order valence-corrected chi connectivity index (χ1v) is 9.32. The molecule has 2 bridgehead atoms. The number of piperazine rings is 3. The van der Waals surface area contributed by atoms with Crippen molar-refractivity contribution in [1.82, 2.24) is 24.9 Å². The van der Waals surface area contributed by atoms with Crippen molar-refractivity contribution in [3.63, 3.8) is 0 Å². The second-order valence-corrected chi connectivity index (χ2v) is 6.61. The average Bonchev–Trinajstić information content (AvgIpc) is 2.60. The van der Waals surface area contributed by atoms with Crippen molar-refractivity contribution in [2.45, 2.75) is 26.8 Å². The number of fused-ring (bicyclic) bond motifs is 3. The molecule has 3 aliphatic rings. The molecule has 0 aliphatic carbocycles. The normalized spacial score (nSPS) is 26.3. The zero-order valence-electron chi connectivity index (χ0n) is 15.8. The van der Waals surface area contributed by atoms with Crippen LogP contribution < -0.4 is 5.32 Å². The number of rotatable bonds is 7. The van der Waals surface area contributed by atoms with Gasteiger partial charge in [-0.2, -0.15) is 0 Å². The van der Waals surface area contributed by atoms with Crippen molar-refractivity contribution in [2.75, 3.05) is 72.5 Å². The SMILES string of the molecule is CCNC(=NCC1CN2CCN1CC2)N(C)CC(=O)N(CC)CC. The van der Waals surface area contributed by atoms with Gasteiger partial charge in [0, 0.05) is 65.4 Å². The van der Waals surface area contributed by atoms with Crippen LogP contribution in [0.1, 0.15) is 20.8 Å². The van der Waals surface area contributed by atoms with Crippen LogP contribution in [-0.4, -0.2) is 110 Å². The number of carbonyl (C=O) groups excluding carboxylic acids is 1. The van der Waals surface area contributed by atoms with Gasteiger partial charge >= 0.3 is 0 Å². The van der Waals surface area contributed by atoms with E-state index in [1.807, 2.05) is 30.7 Å². The Labute approximate surface area is 146 Å².